The van der Waals surface area contributed by atoms with E-state index >= 15 is 0 Å². The Morgan fingerprint density at radius 2 is 2.00 bits per heavy atom. The number of carbonyl (C=O) groups excluding carboxylic acids is 1. The first-order valence-corrected chi connectivity index (χ1v) is 4.70. The lowest BCUT2D eigenvalue weighted by molar-refractivity contribution is -0.135. The van der Waals surface area contributed by atoms with Gasteiger partial charge in [-0.25, -0.2) is 0 Å². The Labute approximate surface area is 75.7 Å². The fourth-order valence-electron chi connectivity index (χ4n) is 2.44. The monoisotopic (exact) mass is 189 g/mol. The molecule has 0 heterocycles. The number of carbonyl (C=O) groups is 1. The van der Waals surface area contributed by atoms with Gasteiger partial charge in [-0.2, -0.15) is 8.78 Å². The van der Waals surface area contributed by atoms with E-state index < -0.39 is 12.3 Å². The van der Waals surface area contributed by atoms with Crippen molar-refractivity contribution >= 4 is 5.91 Å². The predicted octanol–water partition coefficient (Wildman–Crippen LogP) is 1.70. The highest BCUT2D eigenvalue weighted by atomic mass is 19.3. The zero-order valence-corrected chi connectivity index (χ0v) is 7.35. The molecule has 2 rings (SSSR count). The van der Waals surface area contributed by atoms with Gasteiger partial charge in [0, 0.05) is 6.04 Å². The average Bonchev–Trinajstić information content (AvgIpc) is 1.90. The Morgan fingerprint density at radius 3 is 2.38 bits per heavy atom. The molecular formula is C9H13F2NO. The lowest BCUT2D eigenvalue weighted by atomic mass is 9.54. The molecule has 0 aromatic heterocycles. The van der Waals surface area contributed by atoms with Gasteiger partial charge in [0.2, 0.25) is 0 Å². The fourth-order valence-corrected chi connectivity index (χ4v) is 2.44. The second kappa shape index (κ2) is 2.93. The van der Waals surface area contributed by atoms with Crippen molar-refractivity contribution in [1.29, 1.82) is 0 Å². The fraction of sp³-hybridized carbons (Fsp3) is 0.889. The third kappa shape index (κ3) is 1.54. The Bertz CT molecular complexity index is 218. The molecule has 0 radical (unpaired) electrons. The maximum Gasteiger partial charge on any atom is 0.315 e. The van der Waals surface area contributed by atoms with E-state index in [1.807, 2.05) is 0 Å². The maximum absolute atomic E-state index is 11.8. The lowest BCUT2D eigenvalue weighted by Crippen LogP contribution is -2.54. The van der Waals surface area contributed by atoms with Crippen molar-refractivity contribution in [2.24, 2.45) is 5.41 Å². The molecule has 1 amide bonds. The molecule has 0 aromatic carbocycles. The van der Waals surface area contributed by atoms with Gasteiger partial charge in [0.05, 0.1) is 0 Å². The molecule has 2 aliphatic rings. The quantitative estimate of drug-likeness (QED) is 0.703. The van der Waals surface area contributed by atoms with E-state index in [1.165, 1.54) is 19.3 Å². The van der Waals surface area contributed by atoms with Crippen molar-refractivity contribution in [3.8, 4) is 0 Å². The predicted molar refractivity (Wildman–Crippen MR) is 43.5 cm³/mol. The van der Waals surface area contributed by atoms with Crippen molar-refractivity contribution in [3.63, 3.8) is 0 Å². The van der Waals surface area contributed by atoms with Crippen LogP contribution in [0.15, 0.2) is 0 Å². The first-order chi connectivity index (χ1) is 6.11. The van der Waals surface area contributed by atoms with Crippen LogP contribution in [0.1, 0.15) is 32.1 Å². The van der Waals surface area contributed by atoms with Gasteiger partial charge in [-0.3, -0.25) is 4.79 Å². The molecule has 2 nitrogen and oxygen atoms in total. The summed E-state index contributed by atoms with van der Waals surface area (Å²) in [5.74, 6) is -1.11. The van der Waals surface area contributed by atoms with Gasteiger partial charge in [-0.15, -0.1) is 0 Å². The standard InChI is InChI=1S/C9H13F2NO/c10-7(11)8(13)12-6-4-9(5-6)2-1-3-9/h6-7H,1-5H2,(H,12,13). The second-order valence-electron chi connectivity index (χ2n) is 4.27. The van der Waals surface area contributed by atoms with E-state index in [0.717, 1.165) is 12.8 Å². The van der Waals surface area contributed by atoms with Gasteiger partial charge in [-0.05, 0) is 31.1 Å². The summed E-state index contributed by atoms with van der Waals surface area (Å²) in [5, 5.41) is 2.35. The molecule has 1 spiro atoms. The first kappa shape index (κ1) is 8.91. The van der Waals surface area contributed by atoms with E-state index in [2.05, 4.69) is 5.32 Å². The molecule has 0 aromatic rings. The van der Waals surface area contributed by atoms with Crippen molar-refractivity contribution in [3.05, 3.63) is 0 Å². The molecule has 2 aliphatic carbocycles. The van der Waals surface area contributed by atoms with Crippen LogP contribution in [0.3, 0.4) is 0 Å². The van der Waals surface area contributed by atoms with Crippen LogP contribution in [0.2, 0.25) is 0 Å². The molecule has 0 saturated heterocycles. The summed E-state index contributed by atoms with van der Waals surface area (Å²) in [6.45, 7) is 0. The highest BCUT2D eigenvalue weighted by Crippen LogP contribution is 2.55. The van der Waals surface area contributed by atoms with Gasteiger partial charge < -0.3 is 5.32 Å². The van der Waals surface area contributed by atoms with E-state index in [4.69, 9.17) is 0 Å². The van der Waals surface area contributed by atoms with Crippen molar-refractivity contribution < 1.29 is 13.6 Å². The van der Waals surface area contributed by atoms with E-state index in [0.29, 0.717) is 5.41 Å². The van der Waals surface area contributed by atoms with E-state index in [9.17, 15) is 13.6 Å². The summed E-state index contributed by atoms with van der Waals surface area (Å²) in [4.78, 5) is 10.6. The normalized spacial score (nSPS) is 25.5. The van der Waals surface area contributed by atoms with Gasteiger partial charge in [0.25, 0.3) is 5.91 Å². The number of alkyl halides is 2. The Balaban J connectivity index is 1.72. The molecule has 0 aliphatic heterocycles. The SMILES string of the molecule is O=C(NC1CC2(CCC2)C1)C(F)F. The number of halogens is 2. The molecule has 2 fully saturated rings. The highest BCUT2D eigenvalue weighted by molar-refractivity contribution is 5.79. The smallest absolute Gasteiger partial charge is 0.315 e. The minimum absolute atomic E-state index is 0.0156. The van der Waals surface area contributed by atoms with E-state index in [-0.39, 0.29) is 6.04 Å². The van der Waals surface area contributed by atoms with Crippen LogP contribution in [0.5, 0.6) is 0 Å². The van der Waals surface area contributed by atoms with Crippen LogP contribution in [0.4, 0.5) is 8.78 Å². The van der Waals surface area contributed by atoms with Gasteiger partial charge in [0.1, 0.15) is 0 Å². The van der Waals surface area contributed by atoms with Gasteiger partial charge in [-0.1, -0.05) is 6.42 Å². The topological polar surface area (TPSA) is 29.1 Å². The Kier molecular flexibility index (Phi) is 2.00. The zero-order chi connectivity index (χ0) is 9.47. The van der Waals surface area contributed by atoms with Crippen molar-refractivity contribution in [2.45, 2.75) is 44.6 Å². The third-order valence-electron chi connectivity index (χ3n) is 3.32. The van der Waals surface area contributed by atoms with Gasteiger partial charge in [0.15, 0.2) is 0 Å². The van der Waals surface area contributed by atoms with Crippen LogP contribution >= 0.6 is 0 Å². The molecule has 0 bridgehead atoms. The van der Waals surface area contributed by atoms with Gasteiger partial charge >= 0.3 is 6.43 Å². The molecule has 13 heavy (non-hydrogen) atoms. The first-order valence-electron chi connectivity index (χ1n) is 4.70. The average molecular weight is 189 g/mol. The zero-order valence-electron chi connectivity index (χ0n) is 7.35. The Morgan fingerprint density at radius 1 is 1.38 bits per heavy atom. The van der Waals surface area contributed by atoms with E-state index in [1.54, 1.807) is 0 Å². The molecule has 0 unspecified atom stereocenters. The molecule has 4 heteroatoms. The summed E-state index contributed by atoms with van der Waals surface area (Å²) in [6, 6.07) is 0.0156. The largest absolute Gasteiger partial charge is 0.348 e. The summed E-state index contributed by atoms with van der Waals surface area (Å²) < 4.78 is 23.7. The highest BCUT2D eigenvalue weighted by Gasteiger charge is 2.48. The summed E-state index contributed by atoms with van der Waals surface area (Å²) in [7, 11) is 0. The van der Waals surface area contributed by atoms with Crippen LogP contribution in [0.25, 0.3) is 0 Å². The molecule has 2 saturated carbocycles. The maximum atomic E-state index is 11.8. The lowest BCUT2D eigenvalue weighted by Gasteiger charge is -2.54. The minimum Gasteiger partial charge on any atom is -0.348 e. The molecule has 1 N–H and O–H groups in total. The summed E-state index contributed by atoms with van der Waals surface area (Å²) in [6.07, 6.45) is 2.65. The number of nitrogens with one attached hydrogen (secondary N) is 1. The third-order valence-corrected chi connectivity index (χ3v) is 3.32. The van der Waals surface area contributed by atoms with Crippen molar-refractivity contribution in [1.82, 2.24) is 5.32 Å². The number of hydrogen-bond acceptors (Lipinski definition) is 1. The van der Waals surface area contributed by atoms with Crippen LogP contribution < -0.4 is 5.32 Å². The minimum atomic E-state index is -2.86. The van der Waals surface area contributed by atoms with Crippen LogP contribution in [0, 0.1) is 5.41 Å². The van der Waals surface area contributed by atoms with Crippen LogP contribution in [-0.2, 0) is 4.79 Å². The number of rotatable bonds is 2. The molecule has 0 atom stereocenters. The van der Waals surface area contributed by atoms with Crippen molar-refractivity contribution in [2.75, 3.05) is 0 Å². The Hall–Kier alpha value is -0.670. The molecular weight excluding hydrogens is 176 g/mol. The second-order valence-corrected chi connectivity index (χ2v) is 4.27. The molecule has 74 valence electrons. The number of amides is 1. The summed E-state index contributed by atoms with van der Waals surface area (Å²) >= 11 is 0. The number of hydrogen-bond donors (Lipinski definition) is 1. The van der Waals surface area contributed by atoms with Crippen LogP contribution in [-0.4, -0.2) is 18.4 Å². The summed E-state index contributed by atoms with van der Waals surface area (Å²) in [5.41, 5.74) is 0.431.